The van der Waals surface area contributed by atoms with Crippen LogP contribution in [0.1, 0.15) is 15.4 Å². The number of aromatic nitrogens is 1. The Bertz CT molecular complexity index is 736. The number of thiazole rings is 1. The number of para-hydroxylation sites is 1. The van der Waals surface area contributed by atoms with Crippen LogP contribution in [0.5, 0.6) is 0 Å². The number of fused-ring (bicyclic) bond motifs is 1. The Morgan fingerprint density at radius 3 is 2.85 bits per heavy atom. The molecule has 1 heterocycles. The summed E-state index contributed by atoms with van der Waals surface area (Å²) in [6.07, 6.45) is 0. The minimum absolute atomic E-state index is 0.0921. The zero-order valence-electron chi connectivity index (χ0n) is 10.5. The summed E-state index contributed by atoms with van der Waals surface area (Å²) in [7, 11) is 0. The van der Waals surface area contributed by atoms with Gasteiger partial charge in [0.15, 0.2) is 0 Å². The van der Waals surface area contributed by atoms with Gasteiger partial charge in [-0.05, 0) is 30.3 Å². The third-order valence-electron chi connectivity index (χ3n) is 2.83. The molecule has 100 valence electrons. The highest BCUT2D eigenvalue weighted by atomic mass is 79.9. The first-order valence-electron chi connectivity index (χ1n) is 6.10. The van der Waals surface area contributed by atoms with Crippen molar-refractivity contribution in [1.29, 1.82) is 0 Å². The van der Waals surface area contributed by atoms with Crippen molar-refractivity contribution in [3.63, 3.8) is 0 Å². The molecule has 0 aliphatic carbocycles. The fourth-order valence-electron chi connectivity index (χ4n) is 1.88. The smallest absolute Gasteiger partial charge is 0.251 e. The third kappa shape index (κ3) is 2.89. The van der Waals surface area contributed by atoms with Crippen molar-refractivity contribution >= 4 is 43.4 Å². The highest BCUT2D eigenvalue weighted by Gasteiger charge is 2.08. The molecule has 3 aromatic rings. The van der Waals surface area contributed by atoms with Gasteiger partial charge in [-0.15, -0.1) is 11.3 Å². The van der Waals surface area contributed by atoms with Crippen LogP contribution in [0, 0.1) is 0 Å². The molecule has 0 spiro atoms. The first-order valence-corrected chi connectivity index (χ1v) is 7.71. The van der Waals surface area contributed by atoms with Gasteiger partial charge in [-0.1, -0.05) is 34.1 Å². The Morgan fingerprint density at radius 2 is 2.05 bits per heavy atom. The lowest BCUT2D eigenvalue weighted by Crippen LogP contribution is -2.22. The Labute approximate surface area is 128 Å². The summed E-state index contributed by atoms with van der Waals surface area (Å²) in [5.41, 5.74) is 1.62. The molecule has 1 aromatic heterocycles. The first kappa shape index (κ1) is 13.3. The maximum absolute atomic E-state index is 12.0. The largest absolute Gasteiger partial charge is 0.346 e. The molecule has 0 bridgehead atoms. The lowest BCUT2D eigenvalue weighted by Gasteiger charge is -2.03. The van der Waals surface area contributed by atoms with E-state index in [0.29, 0.717) is 12.1 Å². The minimum Gasteiger partial charge on any atom is -0.346 e. The topological polar surface area (TPSA) is 42.0 Å². The zero-order chi connectivity index (χ0) is 13.9. The van der Waals surface area contributed by atoms with Crippen LogP contribution >= 0.6 is 27.3 Å². The van der Waals surface area contributed by atoms with Crippen molar-refractivity contribution < 1.29 is 4.79 Å². The Balaban J connectivity index is 1.71. The molecule has 0 fully saturated rings. The highest BCUT2D eigenvalue weighted by Crippen LogP contribution is 2.21. The van der Waals surface area contributed by atoms with Gasteiger partial charge in [0, 0.05) is 10.0 Å². The van der Waals surface area contributed by atoms with Crippen molar-refractivity contribution in [3.05, 3.63) is 63.6 Å². The summed E-state index contributed by atoms with van der Waals surface area (Å²) in [4.78, 5) is 16.5. The number of halogens is 1. The van der Waals surface area contributed by atoms with E-state index >= 15 is 0 Å². The predicted octanol–water partition coefficient (Wildman–Crippen LogP) is 3.99. The van der Waals surface area contributed by atoms with E-state index in [9.17, 15) is 4.79 Å². The summed E-state index contributed by atoms with van der Waals surface area (Å²) in [5, 5.41) is 3.80. The number of nitrogens with zero attached hydrogens (tertiary/aromatic N) is 1. The normalized spacial score (nSPS) is 10.7. The van der Waals surface area contributed by atoms with E-state index in [2.05, 4.69) is 26.2 Å². The lowest BCUT2D eigenvalue weighted by atomic mass is 10.2. The number of amides is 1. The van der Waals surface area contributed by atoms with Crippen LogP contribution in [0.15, 0.2) is 53.0 Å². The van der Waals surface area contributed by atoms with Crippen LogP contribution in [0.4, 0.5) is 0 Å². The van der Waals surface area contributed by atoms with Crippen molar-refractivity contribution in [2.75, 3.05) is 0 Å². The number of hydrogen-bond acceptors (Lipinski definition) is 3. The summed E-state index contributed by atoms with van der Waals surface area (Å²) < 4.78 is 2.03. The van der Waals surface area contributed by atoms with Crippen LogP contribution in [0.25, 0.3) is 10.2 Å². The molecule has 3 rings (SSSR count). The average molecular weight is 347 g/mol. The zero-order valence-corrected chi connectivity index (χ0v) is 12.9. The van der Waals surface area contributed by atoms with E-state index in [4.69, 9.17) is 0 Å². The van der Waals surface area contributed by atoms with Gasteiger partial charge in [0.1, 0.15) is 5.01 Å². The average Bonchev–Trinajstić information content (AvgIpc) is 2.87. The maximum Gasteiger partial charge on any atom is 0.251 e. The van der Waals surface area contributed by atoms with Gasteiger partial charge < -0.3 is 5.32 Å². The molecule has 0 saturated carbocycles. The first-order chi connectivity index (χ1) is 9.72. The standard InChI is InChI=1S/C15H11BrN2OS/c16-11-5-3-4-10(8-11)15(19)17-9-14-18-12-6-1-2-7-13(12)20-14/h1-8H,9H2,(H,17,19). The van der Waals surface area contributed by atoms with Crippen LogP contribution in [-0.4, -0.2) is 10.9 Å². The van der Waals surface area contributed by atoms with Crippen LogP contribution in [-0.2, 0) is 6.54 Å². The van der Waals surface area contributed by atoms with E-state index in [0.717, 1.165) is 19.7 Å². The molecule has 0 saturated heterocycles. The number of rotatable bonds is 3. The number of nitrogens with one attached hydrogen (secondary N) is 1. The molecule has 0 unspecified atom stereocenters. The molecule has 0 radical (unpaired) electrons. The lowest BCUT2D eigenvalue weighted by molar-refractivity contribution is 0.0951. The van der Waals surface area contributed by atoms with Gasteiger partial charge in [0.05, 0.1) is 16.8 Å². The number of carbonyl (C=O) groups excluding carboxylic acids is 1. The molecule has 3 nitrogen and oxygen atoms in total. The van der Waals surface area contributed by atoms with Crippen molar-refractivity contribution in [2.45, 2.75) is 6.54 Å². The fraction of sp³-hybridized carbons (Fsp3) is 0.0667. The number of carbonyl (C=O) groups is 1. The number of benzene rings is 2. The SMILES string of the molecule is O=C(NCc1nc2ccccc2s1)c1cccc(Br)c1. The summed E-state index contributed by atoms with van der Waals surface area (Å²) in [6, 6.07) is 15.3. The summed E-state index contributed by atoms with van der Waals surface area (Å²) in [6.45, 7) is 0.449. The van der Waals surface area contributed by atoms with Gasteiger partial charge in [-0.3, -0.25) is 4.79 Å². The second-order valence-electron chi connectivity index (χ2n) is 4.27. The van der Waals surface area contributed by atoms with Crippen molar-refractivity contribution in [1.82, 2.24) is 10.3 Å². The van der Waals surface area contributed by atoms with E-state index in [1.54, 1.807) is 23.5 Å². The van der Waals surface area contributed by atoms with E-state index in [-0.39, 0.29) is 5.91 Å². The van der Waals surface area contributed by atoms with Gasteiger partial charge in [-0.25, -0.2) is 4.98 Å². The molecule has 0 atom stereocenters. The Hall–Kier alpha value is -1.72. The molecule has 1 N–H and O–H groups in total. The molecule has 2 aromatic carbocycles. The van der Waals surface area contributed by atoms with Gasteiger partial charge in [0.25, 0.3) is 5.91 Å². The summed E-state index contributed by atoms with van der Waals surface area (Å²) in [5.74, 6) is -0.0921. The molecule has 0 aliphatic rings. The minimum atomic E-state index is -0.0921. The van der Waals surface area contributed by atoms with Crippen LogP contribution in [0.3, 0.4) is 0 Å². The number of hydrogen-bond donors (Lipinski definition) is 1. The van der Waals surface area contributed by atoms with Crippen LogP contribution < -0.4 is 5.32 Å². The quantitative estimate of drug-likeness (QED) is 0.778. The van der Waals surface area contributed by atoms with Gasteiger partial charge in [0.2, 0.25) is 0 Å². The highest BCUT2D eigenvalue weighted by molar-refractivity contribution is 9.10. The molecule has 20 heavy (non-hydrogen) atoms. The van der Waals surface area contributed by atoms with E-state index < -0.39 is 0 Å². The van der Waals surface area contributed by atoms with Crippen molar-refractivity contribution in [2.24, 2.45) is 0 Å². The Morgan fingerprint density at radius 1 is 1.20 bits per heavy atom. The summed E-state index contributed by atoms with van der Waals surface area (Å²) >= 11 is 4.96. The second kappa shape index (κ2) is 5.73. The maximum atomic E-state index is 12.0. The monoisotopic (exact) mass is 346 g/mol. The third-order valence-corrected chi connectivity index (χ3v) is 4.35. The predicted molar refractivity (Wildman–Crippen MR) is 84.9 cm³/mol. The van der Waals surface area contributed by atoms with E-state index in [1.165, 1.54) is 0 Å². The van der Waals surface area contributed by atoms with Gasteiger partial charge in [-0.2, -0.15) is 0 Å². The molecule has 5 heteroatoms. The molecule has 1 amide bonds. The molecular weight excluding hydrogens is 336 g/mol. The Kier molecular flexibility index (Phi) is 3.80. The van der Waals surface area contributed by atoms with Gasteiger partial charge >= 0.3 is 0 Å². The second-order valence-corrected chi connectivity index (χ2v) is 6.30. The molecular formula is C15H11BrN2OS. The van der Waals surface area contributed by atoms with Crippen molar-refractivity contribution in [3.8, 4) is 0 Å². The van der Waals surface area contributed by atoms with Crippen LogP contribution in [0.2, 0.25) is 0 Å². The molecule has 0 aliphatic heterocycles. The van der Waals surface area contributed by atoms with E-state index in [1.807, 2.05) is 36.4 Å². The fourth-order valence-corrected chi connectivity index (χ4v) is 3.19.